The molecule has 2 rings (SSSR count). The van der Waals surface area contributed by atoms with Gasteiger partial charge in [-0.05, 0) is 32.0 Å². The van der Waals surface area contributed by atoms with Crippen LogP contribution in [0.4, 0.5) is 5.69 Å². The van der Waals surface area contributed by atoms with E-state index in [2.05, 4.69) is 11.4 Å². The Morgan fingerprint density at radius 2 is 2.06 bits per heavy atom. The highest BCUT2D eigenvalue weighted by Crippen LogP contribution is 2.19. The van der Waals surface area contributed by atoms with E-state index in [9.17, 15) is 0 Å². The molecule has 0 atom stereocenters. The highest BCUT2D eigenvalue weighted by Gasteiger charge is 2.28. The third-order valence-electron chi connectivity index (χ3n) is 2.63. The average molecular weight is 232 g/mol. The molecule has 4 heteroatoms. The standard InChI is InChI=1S/C13H16N2O2/c1-13(2)16-8-12(9-17-13)15-11-5-3-4-10(6-11)7-14/h3-6,12,15H,8-9H2,1-2H3. The summed E-state index contributed by atoms with van der Waals surface area (Å²) in [6.45, 7) is 5.01. The molecule has 0 saturated carbocycles. The van der Waals surface area contributed by atoms with Gasteiger partial charge in [0.05, 0.1) is 30.9 Å². The maximum atomic E-state index is 8.81. The van der Waals surface area contributed by atoms with E-state index in [0.29, 0.717) is 18.8 Å². The van der Waals surface area contributed by atoms with Gasteiger partial charge in [0.15, 0.2) is 5.79 Å². The Bertz CT molecular complexity index is 427. The molecule has 1 fully saturated rings. The highest BCUT2D eigenvalue weighted by atomic mass is 16.7. The fourth-order valence-electron chi connectivity index (χ4n) is 1.69. The third-order valence-corrected chi connectivity index (χ3v) is 2.63. The number of nitrogens with zero attached hydrogens (tertiary/aromatic N) is 1. The van der Waals surface area contributed by atoms with Crippen molar-refractivity contribution in [2.24, 2.45) is 0 Å². The number of ether oxygens (including phenoxy) is 2. The number of hydrogen-bond donors (Lipinski definition) is 1. The summed E-state index contributed by atoms with van der Waals surface area (Å²) in [6.07, 6.45) is 0. The van der Waals surface area contributed by atoms with E-state index in [-0.39, 0.29) is 6.04 Å². The van der Waals surface area contributed by atoms with Gasteiger partial charge in [-0.25, -0.2) is 0 Å². The summed E-state index contributed by atoms with van der Waals surface area (Å²) >= 11 is 0. The Kier molecular flexibility index (Phi) is 3.32. The molecule has 0 spiro atoms. The molecular weight excluding hydrogens is 216 g/mol. The predicted octanol–water partition coefficient (Wildman–Crippen LogP) is 2.12. The van der Waals surface area contributed by atoms with E-state index in [1.165, 1.54) is 0 Å². The summed E-state index contributed by atoms with van der Waals surface area (Å²) < 4.78 is 11.1. The number of nitriles is 1. The Hall–Kier alpha value is -1.57. The second kappa shape index (κ2) is 4.74. The van der Waals surface area contributed by atoms with E-state index in [1.54, 1.807) is 6.07 Å². The van der Waals surface area contributed by atoms with Gasteiger partial charge in [0, 0.05) is 5.69 Å². The summed E-state index contributed by atoms with van der Waals surface area (Å²) in [7, 11) is 0. The lowest BCUT2D eigenvalue weighted by Crippen LogP contribution is -2.45. The maximum absolute atomic E-state index is 8.81. The Morgan fingerprint density at radius 1 is 1.35 bits per heavy atom. The second-order valence-electron chi connectivity index (χ2n) is 4.56. The van der Waals surface area contributed by atoms with Crippen molar-refractivity contribution in [3.05, 3.63) is 29.8 Å². The lowest BCUT2D eigenvalue weighted by Gasteiger charge is -2.35. The molecule has 1 aliphatic rings. The van der Waals surface area contributed by atoms with Crippen LogP contribution >= 0.6 is 0 Å². The van der Waals surface area contributed by atoms with Crippen molar-refractivity contribution in [3.63, 3.8) is 0 Å². The van der Waals surface area contributed by atoms with E-state index in [0.717, 1.165) is 5.69 Å². The minimum atomic E-state index is -0.493. The monoisotopic (exact) mass is 232 g/mol. The van der Waals surface area contributed by atoms with Crippen LogP contribution in [-0.2, 0) is 9.47 Å². The zero-order valence-corrected chi connectivity index (χ0v) is 10.1. The minimum absolute atomic E-state index is 0.122. The van der Waals surface area contributed by atoms with Crippen LogP contribution in [-0.4, -0.2) is 25.0 Å². The van der Waals surface area contributed by atoms with Gasteiger partial charge in [-0.3, -0.25) is 0 Å². The Labute approximate surface area is 101 Å². The molecule has 1 aliphatic heterocycles. The van der Waals surface area contributed by atoms with Crippen molar-refractivity contribution in [1.29, 1.82) is 5.26 Å². The normalized spacial score (nSPS) is 19.6. The van der Waals surface area contributed by atoms with Crippen LogP contribution in [0.1, 0.15) is 19.4 Å². The molecule has 1 saturated heterocycles. The molecule has 1 aromatic rings. The molecule has 0 radical (unpaired) electrons. The van der Waals surface area contributed by atoms with Crippen LogP contribution in [0.25, 0.3) is 0 Å². The summed E-state index contributed by atoms with van der Waals surface area (Å²) in [5.74, 6) is -0.493. The first-order valence-electron chi connectivity index (χ1n) is 5.64. The molecule has 0 amide bonds. The SMILES string of the molecule is CC1(C)OCC(Nc2cccc(C#N)c2)CO1. The third kappa shape index (κ3) is 3.19. The van der Waals surface area contributed by atoms with Crippen molar-refractivity contribution in [1.82, 2.24) is 0 Å². The Balaban J connectivity index is 1.96. The van der Waals surface area contributed by atoms with Crippen LogP contribution in [0, 0.1) is 11.3 Å². The van der Waals surface area contributed by atoms with Crippen LogP contribution in [0.3, 0.4) is 0 Å². The molecule has 0 unspecified atom stereocenters. The van der Waals surface area contributed by atoms with Crippen molar-refractivity contribution in [3.8, 4) is 6.07 Å². The molecule has 1 aromatic carbocycles. The first kappa shape index (κ1) is 11.9. The zero-order valence-electron chi connectivity index (χ0n) is 10.1. The molecule has 4 nitrogen and oxygen atoms in total. The molecule has 17 heavy (non-hydrogen) atoms. The van der Waals surface area contributed by atoms with Gasteiger partial charge in [0.2, 0.25) is 0 Å². The molecule has 1 N–H and O–H groups in total. The summed E-state index contributed by atoms with van der Waals surface area (Å²) in [5, 5.41) is 12.1. The van der Waals surface area contributed by atoms with Crippen molar-refractivity contribution < 1.29 is 9.47 Å². The van der Waals surface area contributed by atoms with Crippen molar-refractivity contribution in [2.75, 3.05) is 18.5 Å². The van der Waals surface area contributed by atoms with Gasteiger partial charge in [-0.2, -0.15) is 5.26 Å². The summed E-state index contributed by atoms with van der Waals surface area (Å²) in [4.78, 5) is 0. The van der Waals surface area contributed by atoms with Gasteiger partial charge in [0.25, 0.3) is 0 Å². The topological polar surface area (TPSA) is 54.3 Å². The van der Waals surface area contributed by atoms with E-state index < -0.39 is 5.79 Å². The molecule has 0 aliphatic carbocycles. The number of hydrogen-bond acceptors (Lipinski definition) is 4. The summed E-state index contributed by atoms with van der Waals surface area (Å²) in [5.41, 5.74) is 1.56. The predicted molar refractivity (Wildman–Crippen MR) is 64.6 cm³/mol. The molecule has 0 aromatic heterocycles. The van der Waals surface area contributed by atoms with E-state index in [1.807, 2.05) is 32.0 Å². The van der Waals surface area contributed by atoms with Crippen molar-refractivity contribution in [2.45, 2.75) is 25.7 Å². The first-order chi connectivity index (χ1) is 8.09. The summed E-state index contributed by atoms with van der Waals surface area (Å²) in [6, 6.07) is 9.62. The molecular formula is C13H16N2O2. The first-order valence-corrected chi connectivity index (χ1v) is 5.64. The molecule has 90 valence electrons. The Morgan fingerprint density at radius 3 is 2.71 bits per heavy atom. The fourth-order valence-corrected chi connectivity index (χ4v) is 1.69. The largest absolute Gasteiger partial charge is 0.378 e. The van der Waals surface area contributed by atoms with Gasteiger partial charge < -0.3 is 14.8 Å². The smallest absolute Gasteiger partial charge is 0.162 e. The van der Waals surface area contributed by atoms with Crippen molar-refractivity contribution >= 4 is 5.69 Å². The lowest BCUT2D eigenvalue weighted by molar-refractivity contribution is -0.247. The van der Waals surface area contributed by atoms with E-state index in [4.69, 9.17) is 14.7 Å². The number of nitrogens with one attached hydrogen (secondary N) is 1. The minimum Gasteiger partial charge on any atom is -0.378 e. The fraction of sp³-hybridized carbons (Fsp3) is 0.462. The highest BCUT2D eigenvalue weighted by molar-refractivity contribution is 5.49. The maximum Gasteiger partial charge on any atom is 0.162 e. The van der Waals surface area contributed by atoms with Gasteiger partial charge in [-0.15, -0.1) is 0 Å². The second-order valence-corrected chi connectivity index (χ2v) is 4.56. The van der Waals surface area contributed by atoms with Crippen LogP contribution in [0.15, 0.2) is 24.3 Å². The van der Waals surface area contributed by atoms with Crippen LogP contribution in [0.5, 0.6) is 0 Å². The number of benzene rings is 1. The lowest BCUT2D eigenvalue weighted by atomic mass is 10.2. The zero-order chi connectivity index (χ0) is 12.3. The van der Waals surface area contributed by atoms with Gasteiger partial charge in [0.1, 0.15) is 0 Å². The molecule has 1 heterocycles. The quantitative estimate of drug-likeness (QED) is 0.848. The van der Waals surface area contributed by atoms with Crippen LogP contribution in [0.2, 0.25) is 0 Å². The average Bonchev–Trinajstić information content (AvgIpc) is 2.32. The molecule has 0 bridgehead atoms. The number of anilines is 1. The van der Waals surface area contributed by atoms with Gasteiger partial charge in [-0.1, -0.05) is 6.07 Å². The van der Waals surface area contributed by atoms with E-state index >= 15 is 0 Å². The number of rotatable bonds is 2. The van der Waals surface area contributed by atoms with Crippen LogP contribution < -0.4 is 5.32 Å². The van der Waals surface area contributed by atoms with Gasteiger partial charge >= 0.3 is 0 Å².